The predicted octanol–water partition coefficient (Wildman–Crippen LogP) is 6.55. The van der Waals surface area contributed by atoms with Gasteiger partial charge in [0, 0.05) is 15.6 Å². The van der Waals surface area contributed by atoms with Gasteiger partial charge in [0.1, 0.15) is 17.9 Å². The number of rotatable bonds is 5. The molecule has 1 fully saturated rings. The number of anilines is 1. The summed E-state index contributed by atoms with van der Waals surface area (Å²) in [6.07, 6.45) is 1.31. The van der Waals surface area contributed by atoms with Crippen molar-refractivity contribution in [2.24, 2.45) is 0 Å². The van der Waals surface area contributed by atoms with Gasteiger partial charge in [-0.1, -0.05) is 58.5 Å². The molecule has 4 rings (SSSR count). The van der Waals surface area contributed by atoms with Crippen molar-refractivity contribution in [2.75, 3.05) is 4.90 Å². The first-order valence-corrected chi connectivity index (χ1v) is 11.3. The number of halogens is 4. The average Bonchev–Trinajstić information content (AvgIpc) is 2.78. The number of nitrogens with one attached hydrogen (secondary N) is 1. The van der Waals surface area contributed by atoms with Gasteiger partial charge in [-0.05, 0) is 60.2 Å². The quantitative estimate of drug-likeness (QED) is 0.297. The van der Waals surface area contributed by atoms with Gasteiger partial charge in [0.2, 0.25) is 0 Å². The topological polar surface area (TPSA) is 75.7 Å². The number of hydrogen-bond acceptors (Lipinski definition) is 4. The van der Waals surface area contributed by atoms with Crippen LogP contribution < -0.4 is 15.0 Å². The number of imide groups is 2. The van der Waals surface area contributed by atoms with E-state index in [1.165, 1.54) is 24.3 Å². The lowest BCUT2D eigenvalue weighted by Crippen LogP contribution is -2.54. The molecule has 1 aliphatic rings. The molecule has 1 saturated heterocycles. The van der Waals surface area contributed by atoms with Crippen LogP contribution in [0, 0.1) is 0 Å². The van der Waals surface area contributed by atoms with Crippen molar-refractivity contribution in [2.45, 2.75) is 6.61 Å². The van der Waals surface area contributed by atoms with E-state index in [2.05, 4.69) is 5.32 Å². The van der Waals surface area contributed by atoms with Crippen LogP contribution in [0.15, 0.2) is 66.2 Å². The van der Waals surface area contributed by atoms with Gasteiger partial charge in [-0.15, -0.1) is 0 Å². The van der Waals surface area contributed by atoms with Gasteiger partial charge >= 0.3 is 6.03 Å². The number of nitrogens with zero attached hydrogens (tertiary/aromatic N) is 1. The molecule has 0 spiro atoms. The molecule has 172 valence electrons. The Hall–Kier alpha value is -3.03. The molecule has 1 N–H and O–H groups in total. The normalized spacial score (nSPS) is 15.0. The van der Waals surface area contributed by atoms with Gasteiger partial charge in [-0.3, -0.25) is 14.9 Å². The lowest BCUT2D eigenvalue weighted by molar-refractivity contribution is -0.122. The minimum atomic E-state index is -0.908. The molecule has 34 heavy (non-hydrogen) atoms. The van der Waals surface area contributed by atoms with Crippen LogP contribution in [0.25, 0.3) is 6.08 Å². The molecule has 0 bridgehead atoms. The summed E-state index contributed by atoms with van der Waals surface area (Å²) in [4.78, 5) is 38.9. The molecule has 0 aliphatic carbocycles. The second-order valence-electron chi connectivity index (χ2n) is 7.16. The second kappa shape index (κ2) is 10.1. The van der Waals surface area contributed by atoms with Gasteiger partial charge in [-0.2, -0.15) is 0 Å². The molecule has 3 aromatic carbocycles. The number of amides is 4. The zero-order valence-electron chi connectivity index (χ0n) is 17.2. The summed E-state index contributed by atoms with van der Waals surface area (Å²) >= 11 is 24.1. The van der Waals surface area contributed by atoms with E-state index in [9.17, 15) is 14.4 Å². The second-order valence-corrected chi connectivity index (χ2v) is 8.84. The molecule has 1 heterocycles. The molecule has 1 aliphatic heterocycles. The zero-order valence-corrected chi connectivity index (χ0v) is 20.2. The zero-order chi connectivity index (χ0) is 24.4. The van der Waals surface area contributed by atoms with Crippen molar-refractivity contribution in [1.82, 2.24) is 5.32 Å². The Morgan fingerprint density at radius 1 is 0.853 bits per heavy atom. The van der Waals surface area contributed by atoms with E-state index in [1.807, 2.05) is 6.07 Å². The Labute approximate surface area is 214 Å². The van der Waals surface area contributed by atoms with Crippen LogP contribution in [0.5, 0.6) is 5.75 Å². The third-order valence-corrected chi connectivity index (χ3v) is 6.03. The lowest BCUT2D eigenvalue weighted by atomic mass is 10.1. The van der Waals surface area contributed by atoms with Gasteiger partial charge in [0.25, 0.3) is 11.8 Å². The predicted molar refractivity (Wildman–Crippen MR) is 133 cm³/mol. The molecule has 10 heteroatoms. The first-order chi connectivity index (χ1) is 16.2. The number of benzene rings is 3. The van der Waals surface area contributed by atoms with Gasteiger partial charge in [0.15, 0.2) is 0 Å². The van der Waals surface area contributed by atoms with Crippen LogP contribution in [-0.2, 0) is 16.2 Å². The fourth-order valence-electron chi connectivity index (χ4n) is 3.22. The number of ether oxygens (including phenoxy) is 1. The van der Waals surface area contributed by atoms with E-state index in [0.717, 1.165) is 10.5 Å². The fourth-order valence-corrected chi connectivity index (χ4v) is 3.91. The summed E-state index contributed by atoms with van der Waals surface area (Å²) in [5.41, 5.74) is 1.06. The third-order valence-electron chi connectivity index (χ3n) is 4.82. The molecule has 3 aromatic rings. The molecule has 6 nitrogen and oxygen atoms in total. The number of carbonyl (C=O) groups excluding carboxylic acids is 3. The molecule has 0 atom stereocenters. The van der Waals surface area contributed by atoms with E-state index >= 15 is 0 Å². The molecule has 0 unspecified atom stereocenters. The maximum Gasteiger partial charge on any atom is 0.335 e. The highest BCUT2D eigenvalue weighted by Crippen LogP contribution is 2.31. The van der Waals surface area contributed by atoms with Crippen LogP contribution in [-0.4, -0.2) is 17.8 Å². The SMILES string of the molecule is O=C1NC(=O)N(c2ccc(Cl)c(Cl)c2)C(=O)/C1=C/c1cc(Cl)ccc1OCc1cccc(Cl)c1. The smallest absolute Gasteiger partial charge is 0.335 e. The molecular formula is C24H14Cl4N2O4. The van der Waals surface area contributed by atoms with Gasteiger partial charge < -0.3 is 4.74 Å². The van der Waals surface area contributed by atoms with E-state index in [0.29, 0.717) is 21.4 Å². The van der Waals surface area contributed by atoms with Crippen molar-refractivity contribution < 1.29 is 19.1 Å². The largest absolute Gasteiger partial charge is 0.488 e. The maximum atomic E-state index is 13.2. The maximum absolute atomic E-state index is 13.2. The van der Waals surface area contributed by atoms with E-state index in [1.54, 1.807) is 36.4 Å². The number of urea groups is 1. The summed E-state index contributed by atoms with van der Waals surface area (Å²) in [5, 5.41) is 3.48. The van der Waals surface area contributed by atoms with Crippen LogP contribution >= 0.6 is 46.4 Å². The lowest BCUT2D eigenvalue weighted by Gasteiger charge is -2.26. The summed E-state index contributed by atoms with van der Waals surface area (Å²) in [7, 11) is 0. The first-order valence-electron chi connectivity index (χ1n) is 9.76. The molecular weight excluding hydrogens is 522 g/mol. The fraction of sp³-hybridized carbons (Fsp3) is 0.0417. The van der Waals surface area contributed by atoms with Crippen molar-refractivity contribution >= 4 is 76.0 Å². The Morgan fingerprint density at radius 2 is 1.62 bits per heavy atom. The number of barbiturate groups is 1. The minimum absolute atomic E-state index is 0.147. The number of carbonyl (C=O) groups is 3. The van der Waals surface area contributed by atoms with Crippen molar-refractivity contribution in [1.29, 1.82) is 0 Å². The van der Waals surface area contributed by atoms with E-state index in [4.69, 9.17) is 51.1 Å². The summed E-state index contributed by atoms with van der Waals surface area (Å²) < 4.78 is 5.89. The molecule has 4 amide bonds. The summed E-state index contributed by atoms with van der Waals surface area (Å²) in [6.45, 7) is 0.187. The highest BCUT2D eigenvalue weighted by molar-refractivity contribution is 6.43. The van der Waals surface area contributed by atoms with Crippen molar-refractivity contribution in [3.8, 4) is 5.75 Å². The van der Waals surface area contributed by atoms with Crippen molar-refractivity contribution in [3.05, 3.63) is 97.5 Å². The highest BCUT2D eigenvalue weighted by Gasteiger charge is 2.37. The van der Waals surface area contributed by atoms with E-state index in [-0.39, 0.29) is 27.9 Å². The Morgan fingerprint density at radius 3 is 2.35 bits per heavy atom. The standard InChI is InChI=1S/C24H14Cl4N2O4/c25-15-3-1-2-13(8-15)12-34-21-7-4-16(26)9-14(21)10-18-22(31)29-24(33)30(23(18)32)17-5-6-19(27)20(28)11-17/h1-11H,12H2,(H,29,31,33)/b18-10+. The molecule has 0 saturated carbocycles. The Kier molecular flexibility index (Phi) is 7.14. The van der Waals surface area contributed by atoms with E-state index < -0.39 is 17.8 Å². The van der Waals surface area contributed by atoms with Crippen LogP contribution in [0.2, 0.25) is 20.1 Å². The molecule has 0 radical (unpaired) electrons. The third kappa shape index (κ3) is 5.21. The Bertz CT molecular complexity index is 1360. The molecule has 0 aromatic heterocycles. The van der Waals surface area contributed by atoms with Gasteiger partial charge in [0.05, 0.1) is 15.7 Å². The first kappa shape index (κ1) is 24.1. The van der Waals surface area contributed by atoms with Crippen LogP contribution in [0.4, 0.5) is 10.5 Å². The minimum Gasteiger partial charge on any atom is -0.488 e. The highest BCUT2D eigenvalue weighted by atomic mass is 35.5. The van der Waals surface area contributed by atoms with Crippen molar-refractivity contribution in [3.63, 3.8) is 0 Å². The van der Waals surface area contributed by atoms with Gasteiger partial charge in [-0.25, -0.2) is 9.69 Å². The number of hydrogen-bond donors (Lipinski definition) is 1. The summed E-state index contributed by atoms with van der Waals surface area (Å²) in [5.74, 6) is -1.32. The van der Waals surface area contributed by atoms with Crippen LogP contribution in [0.3, 0.4) is 0 Å². The van der Waals surface area contributed by atoms with Crippen LogP contribution in [0.1, 0.15) is 11.1 Å². The average molecular weight is 536 g/mol. The monoisotopic (exact) mass is 534 g/mol. The Balaban J connectivity index is 1.68. The summed E-state index contributed by atoms with van der Waals surface area (Å²) in [6, 6.07) is 15.3.